The molecule has 1 amide bonds. The molecule has 2 aliphatic rings. The zero-order valence-corrected chi connectivity index (χ0v) is 18.8. The molecule has 1 atom stereocenters. The van der Waals surface area contributed by atoms with Gasteiger partial charge in [0.05, 0.1) is 29.8 Å². The first-order valence-electron chi connectivity index (χ1n) is 10.4. The maximum Gasteiger partial charge on any atom is 0.256 e. The second-order valence-corrected chi connectivity index (χ2v) is 10.4. The Kier molecular flexibility index (Phi) is 7.29. The molecule has 0 spiro atoms. The van der Waals surface area contributed by atoms with Crippen LogP contribution in [-0.2, 0) is 19.5 Å². The number of rotatable bonds is 7. The molecule has 0 radical (unpaired) electrons. The average molecular weight is 463 g/mol. The fraction of sp³-hybridized carbons (Fsp3) is 0.409. The lowest BCUT2D eigenvalue weighted by Gasteiger charge is -2.26. The van der Waals surface area contributed by atoms with Gasteiger partial charge in [-0.3, -0.25) is 4.79 Å². The van der Waals surface area contributed by atoms with E-state index in [-0.39, 0.29) is 16.9 Å². The van der Waals surface area contributed by atoms with Crippen LogP contribution in [0.5, 0.6) is 0 Å². The molecule has 2 saturated heterocycles. The Labute approximate surface area is 187 Å². The number of carbonyl (C=O) groups is 1. The second-order valence-electron chi connectivity index (χ2n) is 7.44. The molecule has 9 heteroatoms. The largest absolute Gasteiger partial charge is 0.379 e. The van der Waals surface area contributed by atoms with E-state index in [1.54, 1.807) is 30.0 Å². The van der Waals surface area contributed by atoms with Crippen LogP contribution in [-0.4, -0.2) is 63.4 Å². The van der Waals surface area contributed by atoms with Crippen molar-refractivity contribution < 1.29 is 22.7 Å². The highest BCUT2D eigenvalue weighted by Crippen LogP contribution is 2.27. The molecule has 4 rings (SSSR count). The van der Waals surface area contributed by atoms with Crippen molar-refractivity contribution in [3.63, 3.8) is 0 Å². The van der Waals surface area contributed by atoms with E-state index in [0.717, 1.165) is 30.1 Å². The zero-order valence-electron chi connectivity index (χ0n) is 17.2. The molecule has 7 nitrogen and oxygen atoms in total. The molecule has 2 heterocycles. The number of hydrogen-bond donors (Lipinski definition) is 1. The van der Waals surface area contributed by atoms with Crippen LogP contribution >= 0.6 is 11.8 Å². The number of carbonyl (C=O) groups excluding carboxylic acids is 1. The number of amides is 1. The second kappa shape index (κ2) is 10.1. The van der Waals surface area contributed by atoms with Gasteiger partial charge in [0.25, 0.3) is 5.91 Å². The number of thioether (sulfide) groups is 1. The van der Waals surface area contributed by atoms with Crippen molar-refractivity contribution in [3.05, 3.63) is 54.1 Å². The highest BCUT2D eigenvalue weighted by Gasteiger charge is 2.26. The lowest BCUT2D eigenvalue weighted by molar-refractivity contribution is 0.0730. The van der Waals surface area contributed by atoms with E-state index in [1.807, 2.05) is 18.2 Å². The molecule has 0 aromatic heterocycles. The summed E-state index contributed by atoms with van der Waals surface area (Å²) in [5, 5.41) is 2.87. The molecule has 2 aliphatic heterocycles. The number of ether oxygens (including phenoxy) is 2. The fourth-order valence-corrected chi connectivity index (χ4v) is 6.11. The van der Waals surface area contributed by atoms with Gasteiger partial charge in [0.2, 0.25) is 10.0 Å². The lowest BCUT2D eigenvalue weighted by Crippen LogP contribution is -2.40. The summed E-state index contributed by atoms with van der Waals surface area (Å²) in [5.41, 5.74) is 1.14. The van der Waals surface area contributed by atoms with Gasteiger partial charge in [-0.1, -0.05) is 12.1 Å². The maximum absolute atomic E-state index is 12.9. The molecule has 166 valence electrons. The average Bonchev–Trinajstić information content (AvgIpc) is 3.32. The third kappa shape index (κ3) is 5.48. The fourth-order valence-electron chi connectivity index (χ4n) is 3.58. The molecule has 0 saturated carbocycles. The van der Waals surface area contributed by atoms with Gasteiger partial charge in [0, 0.05) is 36.0 Å². The first-order chi connectivity index (χ1) is 15.0. The number of sulfonamides is 1. The van der Waals surface area contributed by atoms with E-state index in [4.69, 9.17) is 9.47 Å². The number of morpholine rings is 1. The first kappa shape index (κ1) is 22.3. The number of nitrogens with zero attached hydrogens (tertiary/aromatic N) is 1. The minimum atomic E-state index is -3.56. The summed E-state index contributed by atoms with van der Waals surface area (Å²) in [7, 11) is -3.56. The van der Waals surface area contributed by atoms with Crippen LogP contribution in [0.1, 0.15) is 23.2 Å². The van der Waals surface area contributed by atoms with Gasteiger partial charge in [-0.2, -0.15) is 4.31 Å². The molecule has 1 N–H and O–H groups in total. The number of benzene rings is 2. The number of hydrogen-bond acceptors (Lipinski definition) is 6. The van der Waals surface area contributed by atoms with Crippen molar-refractivity contribution >= 4 is 33.4 Å². The van der Waals surface area contributed by atoms with E-state index < -0.39 is 10.0 Å². The van der Waals surface area contributed by atoms with Crippen LogP contribution in [0.3, 0.4) is 0 Å². The molecule has 31 heavy (non-hydrogen) atoms. The van der Waals surface area contributed by atoms with Crippen LogP contribution in [0.4, 0.5) is 5.69 Å². The minimum Gasteiger partial charge on any atom is -0.379 e. The summed E-state index contributed by atoms with van der Waals surface area (Å²) in [5.74, 6) is 0.595. The summed E-state index contributed by atoms with van der Waals surface area (Å²) >= 11 is 1.62. The first-order valence-corrected chi connectivity index (χ1v) is 12.8. The summed E-state index contributed by atoms with van der Waals surface area (Å²) in [4.78, 5) is 14.0. The highest BCUT2D eigenvalue weighted by molar-refractivity contribution is 7.99. The van der Waals surface area contributed by atoms with Crippen LogP contribution < -0.4 is 5.32 Å². The topological polar surface area (TPSA) is 84.9 Å². The third-order valence-corrected chi connectivity index (χ3v) is 8.42. The Morgan fingerprint density at radius 2 is 1.81 bits per heavy atom. The van der Waals surface area contributed by atoms with Crippen molar-refractivity contribution in [1.82, 2.24) is 4.31 Å². The zero-order chi connectivity index (χ0) is 21.7. The molecule has 1 unspecified atom stereocenters. The Morgan fingerprint density at radius 3 is 2.52 bits per heavy atom. The van der Waals surface area contributed by atoms with Crippen LogP contribution in [0.15, 0.2) is 58.3 Å². The van der Waals surface area contributed by atoms with E-state index in [0.29, 0.717) is 37.6 Å². The van der Waals surface area contributed by atoms with Crippen LogP contribution in [0.2, 0.25) is 0 Å². The van der Waals surface area contributed by atoms with Gasteiger partial charge in [-0.05, 0) is 49.2 Å². The summed E-state index contributed by atoms with van der Waals surface area (Å²) < 4.78 is 37.8. The van der Waals surface area contributed by atoms with Gasteiger partial charge in [0.15, 0.2) is 0 Å². The number of anilines is 1. The summed E-state index contributed by atoms with van der Waals surface area (Å²) in [6.45, 7) is 2.31. The number of nitrogens with one attached hydrogen (secondary N) is 1. The van der Waals surface area contributed by atoms with E-state index in [1.165, 1.54) is 16.4 Å². The van der Waals surface area contributed by atoms with Crippen molar-refractivity contribution in [2.24, 2.45) is 0 Å². The predicted molar refractivity (Wildman–Crippen MR) is 120 cm³/mol. The Balaban J connectivity index is 1.42. The van der Waals surface area contributed by atoms with Crippen molar-refractivity contribution in [2.45, 2.75) is 28.7 Å². The van der Waals surface area contributed by atoms with E-state index >= 15 is 0 Å². The van der Waals surface area contributed by atoms with Gasteiger partial charge in [-0.25, -0.2) is 8.42 Å². The molecular weight excluding hydrogens is 436 g/mol. The minimum absolute atomic E-state index is 0.208. The molecule has 0 aliphatic carbocycles. The van der Waals surface area contributed by atoms with Crippen molar-refractivity contribution in [1.29, 1.82) is 0 Å². The molecule has 2 aromatic carbocycles. The van der Waals surface area contributed by atoms with Gasteiger partial charge in [0.1, 0.15) is 0 Å². The van der Waals surface area contributed by atoms with Crippen molar-refractivity contribution in [3.8, 4) is 0 Å². The molecule has 2 fully saturated rings. The Hall–Kier alpha value is -1.91. The van der Waals surface area contributed by atoms with Crippen LogP contribution in [0.25, 0.3) is 0 Å². The smallest absolute Gasteiger partial charge is 0.256 e. The van der Waals surface area contributed by atoms with Crippen LogP contribution in [0, 0.1) is 0 Å². The van der Waals surface area contributed by atoms with Gasteiger partial charge in [-0.15, -0.1) is 11.8 Å². The lowest BCUT2D eigenvalue weighted by atomic mass is 10.2. The third-order valence-electron chi connectivity index (χ3n) is 5.30. The van der Waals surface area contributed by atoms with E-state index in [9.17, 15) is 13.2 Å². The monoisotopic (exact) mass is 462 g/mol. The quantitative estimate of drug-likeness (QED) is 0.636. The molecular formula is C22H26N2O5S2. The Morgan fingerprint density at radius 1 is 1.06 bits per heavy atom. The summed E-state index contributed by atoms with van der Waals surface area (Å²) in [6, 6.07) is 13.8. The highest BCUT2D eigenvalue weighted by atomic mass is 32.2. The SMILES string of the molecule is O=C(Nc1ccc(S(=O)(=O)N2CCOCC2)cc1)c1ccccc1SCC1CCCO1. The predicted octanol–water partition coefficient (Wildman–Crippen LogP) is 3.23. The molecule has 0 bridgehead atoms. The standard InChI is InChI=1S/C22H26N2O5S2/c25-22(20-5-1-2-6-21(20)30-16-18-4-3-13-29-18)23-17-7-9-19(10-8-17)31(26,27)24-11-14-28-15-12-24/h1-2,5-10,18H,3-4,11-16H2,(H,23,25). The van der Waals surface area contributed by atoms with Crippen molar-refractivity contribution in [2.75, 3.05) is 44.0 Å². The normalized spacial score (nSPS) is 19.9. The van der Waals surface area contributed by atoms with Gasteiger partial charge < -0.3 is 14.8 Å². The summed E-state index contributed by atoms with van der Waals surface area (Å²) in [6.07, 6.45) is 2.38. The molecule has 2 aromatic rings. The van der Waals surface area contributed by atoms with Gasteiger partial charge >= 0.3 is 0 Å². The maximum atomic E-state index is 12.9. The van der Waals surface area contributed by atoms with E-state index in [2.05, 4.69) is 5.32 Å². The Bertz CT molecular complexity index is 999.